The molecule has 0 spiro atoms. The Bertz CT molecular complexity index is 997. The van der Waals surface area contributed by atoms with Gasteiger partial charge in [-0.3, -0.25) is 19.3 Å². The monoisotopic (exact) mass is 438 g/mol. The molecule has 2 aromatic rings. The van der Waals surface area contributed by atoms with Crippen LogP contribution < -0.4 is 5.32 Å². The fourth-order valence-corrected chi connectivity index (χ4v) is 3.71. The van der Waals surface area contributed by atoms with E-state index in [1.54, 1.807) is 24.3 Å². The average Bonchev–Trinajstić information content (AvgIpc) is 2.93. The van der Waals surface area contributed by atoms with E-state index in [-0.39, 0.29) is 28.6 Å². The highest BCUT2D eigenvalue weighted by atomic mass is 35.5. The van der Waals surface area contributed by atoms with Gasteiger partial charge in [0, 0.05) is 13.1 Å². The number of rotatable bonds is 5. The molecule has 1 aliphatic rings. The first-order chi connectivity index (χ1) is 13.4. The number of amides is 3. The van der Waals surface area contributed by atoms with E-state index in [1.165, 1.54) is 24.3 Å². The highest BCUT2D eigenvalue weighted by Crippen LogP contribution is 2.34. The van der Waals surface area contributed by atoms with E-state index in [9.17, 15) is 18.8 Å². The Labute approximate surface area is 174 Å². The summed E-state index contributed by atoms with van der Waals surface area (Å²) in [6.45, 7) is -0.0398. The number of benzene rings is 2. The van der Waals surface area contributed by atoms with Crippen molar-refractivity contribution in [2.45, 2.75) is 0 Å². The largest absolute Gasteiger partial charge is 0.350 e. The quantitative estimate of drug-likeness (QED) is 0.692. The van der Waals surface area contributed by atoms with E-state index in [2.05, 4.69) is 5.32 Å². The van der Waals surface area contributed by atoms with Crippen molar-refractivity contribution in [3.05, 3.63) is 74.4 Å². The third-order valence-electron chi connectivity index (χ3n) is 3.88. The number of imide groups is 1. The summed E-state index contributed by atoms with van der Waals surface area (Å²) in [5, 5.41) is 2.66. The number of thioether (sulfide) groups is 1. The van der Waals surface area contributed by atoms with Gasteiger partial charge in [-0.25, -0.2) is 4.39 Å². The molecule has 1 aliphatic heterocycles. The molecule has 2 aromatic carbocycles. The van der Waals surface area contributed by atoms with Gasteiger partial charge in [-0.05, 0) is 41.6 Å². The van der Waals surface area contributed by atoms with E-state index in [0.717, 1.165) is 16.7 Å². The van der Waals surface area contributed by atoms with Crippen LogP contribution in [-0.4, -0.2) is 35.0 Å². The predicted octanol–water partition coefficient (Wildman–Crippen LogP) is 4.60. The number of carbonyl (C=O) groups excluding carboxylic acids is 3. The Morgan fingerprint density at radius 1 is 1.14 bits per heavy atom. The summed E-state index contributed by atoms with van der Waals surface area (Å²) in [4.78, 5) is 37.8. The summed E-state index contributed by atoms with van der Waals surface area (Å²) in [5.74, 6) is -1.76. The molecule has 0 unspecified atom stereocenters. The molecule has 3 amide bonds. The average molecular weight is 439 g/mol. The minimum Gasteiger partial charge on any atom is -0.350 e. The van der Waals surface area contributed by atoms with Gasteiger partial charge in [0.2, 0.25) is 0 Å². The summed E-state index contributed by atoms with van der Waals surface area (Å²) in [7, 11) is 0. The molecule has 0 atom stereocenters. The van der Waals surface area contributed by atoms with Gasteiger partial charge in [0.25, 0.3) is 17.1 Å². The van der Waals surface area contributed by atoms with Crippen molar-refractivity contribution in [3.63, 3.8) is 0 Å². The first-order valence-corrected chi connectivity index (χ1v) is 9.68. The molecular weight excluding hydrogens is 426 g/mol. The molecule has 1 saturated heterocycles. The Morgan fingerprint density at radius 2 is 1.89 bits per heavy atom. The zero-order valence-corrected chi connectivity index (χ0v) is 16.6. The van der Waals surface area contributed by atoms with Crippen molar-refractivity contribution < 1.29 is 18.8 Å². The summed E-state index contributed by atoms with van der Waals surface area (Å²) >= 11 is 12.8. The van der Waals surface area contributed by atoms with Gasteiger partial charge in [-0.1, -0.05) is 47.5 Å². The molecule has 0 aromatic heterocycles. The van der Waals surface area contributed by atoms with Crippen LogP contribution in [0.1, 0.15) is 15.9 Å². The number of hydrogen-bond donors (Lipinski definition) is 1. The zero-order valence-electron chi connectivity index (χ0n) is 14.2. The number of nitrogens with one attached hydrogen (secondary N) is 1. The molecule has 1 N–H and O–H groups in total. The van der Waals surface area contributed by atoms with Crippen LogP contribution in [0.4, 0.5) is 9.18 Å². The number of carbonyl (C=O) groups is 3. The van der Waals surface area contributed by atoms with Crippen molar-refractivity contribution in [1.29, 1.82) is 0 Å². The van der Waals surface area contributed by atoms with Crippen molar-refractivity contribution >= 4 is 58.1 Å². The van der Waals surface area contributed by atoms with Crippen molar-refractivity contribution in [2.24, 2.45) is 0 Å². The second-order valence-electron chi connectivity index (χ2n) is 5.71. The third kappa shape index (κ3) is 4.38. The van der Waals surface area contributed by atoms with Gasteiger partial charge < -0.3 is 5.32 Å². The Kier molecular flexibility index (Phi) is 6.39. The Hall–Kier alpha value is -2.35. The van der Waals surface area contributed by atoms with E-state index in [1.807, 2.05) is 0 Å². The van der Waals surface area contributed by atoms with Crippen LogP contribution in [-0.2, 0) is 4.79 Å². The molecule has 5 nitrogen and oxygen atoms in total. The highest BCUT2D eigenvalue weighted by Gasteiger charge is 2.34. The van der Waals surface area contributed by atoms with E-state index < -0.39 is 22.9 Å². The van der Waals surface area contributed by atoms with Crippen LogP contribution in [0.5, 0.6) is 0 Å². The number of hydrogen-bond acceptors (Lipinski definition) is 4. The minimum absolute atomic E-state index is 0.00356. The van der Waals surface area contributed by atoms with E-state index in [4.69, 9.17) is 23.2 Å². The fourth-order valence-electron chi connectivity index (χ4n) is 2.49. The summed E-state index contributed by atoms with van der Waals surface area (Å²) in [6.07, 6.45) is 1.50. The van der Waals surface area contributed by atoms with Gasteiger partial charge >= 0.3 is 0 Å². The molecule has 1 heterocycles. The van der Waals surface area contributed by atoms with E-state index in [0.29, 0.717) is 10.6 Å². The number of halogens is 3. The normalized spacial score (nSPS) is 15.4. The predicted molar refractivity (Wildman–Crippen MR) is 108 cm³/mol. The standard InChI is InChI=1S/C19H13Cl2FN2O3S/c20-13-6-3-4-11(16(13)21)10-15-18(26)24(19(27)28-15)9-8-23-17(25)12-5-1-2-7-14(12)22/h1-7,10H,8-9H2,(H,23,25)/b15-10-. The summed E-state index contributed by atoms with van der Waals surface area (Å²) < 4.78 is 13.6. The maximum absolute atomic E-state index is 13.6. The van der Waals surface area contributed by atoms with Crippen LogP contribution in [0.3, 0.4) is 0 Å². The zero-order chi connectivity index (χ0) is 20.3. The molecule has 0 radical (unpaired) electrons. The van der Waals surface area contributed by atoms with Crippen LogP contribution in [0, 0.1) is 5.82 Å². The lowest BCUT2D eigenvalue weighted by atomic mass is 10.2. The minimum atomic E-state index is -0.646. The van der Waals surface area contributed by atoms with Crippen molar-refractivity contribution in [3.8, 4) is 0 Å². The van der Waals surface area contributed by atoms with Crippen LogP contribution in [0.15, 0.2) is 47.4 Å². The molecule has 0 aliphatic carbocycles. The molecule has 3 rings (SSSR count). The lowest BCUT2D eigenvalue weighted by molar-refractivity contribution is -0.122. The topological polar surface area (TPSA) is 66.5 Å². The molecule has 0 bridgehead atoms. The summed E-state index contributed by atoms with van der Waals surface area (Å²) in [5.41, 5.74) is 0.416. The van der Waals surface area contributed by atoms with Crippen molar-refractivity contribution in [2.75, 3.05) is 13.1 Å². The molecule has 9 heteroatoms. The van der Waals surface area contributed by atoms with Crippen LogP contribution >= 0.6 is 35.0 Å². The van der Waals surface area contributed by atoms with Crippen LogP contribution in [0.25, 0.3) is 6.08 Å². The third-order valence-corrected chi connectivity index (χ3v) is 5.62. The van der Waals surface area contributed by atoms with Crippen LogP contribution in [0.2, 0.25) is 10.0 Å². The molecular formula is C19H13Cl2FN2O3S. The van der Waals surface area contributed by atoms with Gasteiger partial charge in [0.1, 0.15) is 5.82 Å². The maximum atomic E-state index is 13.6. The Morgan fingerprint density at radius 3 is 2.64 bits per heavy atom. The first-order valence-electron chi connectivity index (χ1n) is 8.10. The molecule has 0 saturated carbocycles. The molecule has 28 heavy (non-hydrogen) atoms. The fraction of sp³-hybridized carbons (Fsp3) is 0.105. The van der Waals surface area contributed by atoms with Gasteiger partial charge in [-0.15, -0.1) is 0 Å². The maximum Gasteiger partial charge on any atom is 0.293 e. The smallest absolute Gasteiger partial charge is 0.293 e. The van der Waals surface area contributed by atoms with Gasteiger partial charge in [0.15, 0.2) is 0 Å². The van der Waals surface area contributed by atoms with E-state index >= 15 is 0 Å². The Balaban J connectivity index is 1.64. The SMILES string of the molecule is O=C(NCCN1C(=O)S/C(=C\c2cccc(Cl)c2Cl)C1=O)c1ccccc1F. The second-order valence-corrected chi connectivity index (χ2v) is 7.49. The second kappa shape index (κ2) is 8.77. The highest BCUT2D eigenvalue weighted by molar-refractivity contribution is 8.18. The lowest BCUT2D eigenvalue weighted by Gasteiger charge is -2.13. The van der Waals surface area contributed by atoms with Crippen molar-refractivity contribution in [1.82, 2.24) is 10.2 Å². The molecule has 144 valence electrons. The first kappa shape index (κ1) is 20.4. The summed E-state index contributed by atoms with van der Waals surface area (Å²) in [6, 6.07) is 10.5. The lowest BCUT2D eigenvalue weighted by Crippen LogP contribution is -2.37. The molecule has 1 fully saturated rings. The number of nitrogens with zero attached hydrogens (tertiary/aromatic N) is 1. The van der Waals surface area contributed by atoms with Gasteiger partial charge in [-0.2, -0.15) is 0 Å². The van der Waals surface area contributed by atoms with Gasteiger partial charge in [0.05, 0.1) is 20.5 Å².